The fourth-order valence-electron chi connectivity index (χ4n) is 15.1. The zero-order valence-electron chi connectivity index (χ0n) is 54.4. The molecule has 0 atom stereocenters. The lowest BCUT2D eigenvalue weighted by atomic mass is 10.0. The SMILES string of the molecule is c1ccc(-c2cccc(-c3nc(-c4cc([Si](c5ccccc5)(c5cccc(-c6ccccc6)c5)c5cccc(-c6ccccc6)c5)cc([Si](c5ccccc5)(c5cccc(-c6ccccc6)c5)c5cccc(-c6ccccc6)c5)c4)nc(-n4c5ccccc5c5ccccc54)n3)c2)cc1. The molecule has 0 saturated carbocycles. The van der Waals surface area contributed by atoms with Crippen LogP contribution in [0.2, 0.25) is 0 Å². The molecule has 17 rings (SSSR count). The van der Waals surface area contributed by atoms with Crippen LogP contribution in [0.25, 0.3) is 106 Å². The van der Waals surface area contributed by atoms with Gasteiger partial charge in [0.2, 0.25) is 5.95 Å². The fourth-order valence-corrected chi connectivity index (χ4v) is 25.0. The van der Waals surface area contributed by atoms with Crippen LogP contribution in [-0.2, 0) is 0 Å². The summed E-state index contributed by atoms with van der Waals surface area (Å²) in [5.41, 5.74) is 15.2. The van der Waals surface area contributed by atoms with Crippen LogP contribution in [0.5, 0.6) is 0 Å². The van der Waals surface area contributed by atoms with Crippen molar-refractivity contribution in [3.05, 3.63) is 400 Å². The summed E-state index contributed by atoms with van der Waals surface area (Å²) in [6, 6.07) is 148. The monoisotopic (exact) mass is 1290 g/mol. The number of benzene rings is 15. The van der Waals surface area contributed by atoms with E-state index >= 15 is 0 Å². The molecule has 6 heteroatoms. The molecule has 0 radical (unpaired) electrons. The van der Waals surface area contributed by atoms with Crippen molar-refractivity contribution >= 4 is 79.4 Å². The first-order chi connectivity index (χ1) is 49.1. The van der Waals surface area contributed by atoms with Gasteiger partial charge in [0, 0.05) is 21.9 Å². The Kier molecular flexibility index (Phi) is 16.0. The summed E-state index contributed by atoms with van der Waals surface area (Å²) in [7, 11) is -7.30. The van der Waals surface area contributed by atoms with Gasteiger partial charge in [0.1, 0.15) is 0 Å². The average molecular weight is 1300 g/mol. The first-order valence-corrected chi connectivity index (χ1v) is 37.9. The molecule has 0 aliphatic carbocycles. The predicted molar refractivity (Wildman–Crippen MR) is 419 cm³/mol. The maximum absolute atomic E-state index is 5.92. The van der Waals surface area contributed by atoms with E-state index in [0.717, 1.165) is 88.6 Å². The molecule has 17 aromatic rings. The maximum atomic E-state index is 5.92. The molecule has 15 aromatic carbocycles. The standard InChI is InChI=1S/C93H66N4Si2/c1-8-31-67(32-9-1)72-41-26-46-77(59-72)91-94-92(96-93(95-91)97-89-57-24-22-55-87(89)88-56-23-25-58-90(88)97)78-64-85(98(79-47-18-6-19-48-79,81-51-27-42-73(60-81)68-33-10-2-11-34-68)82-52-28-43-74(61-82)69-35-12-3-13-36-69)66-86(65-78)99(80-49-20-7-21-50-80,83-53-29-44-75(62-83)70-37-14-4-15-38-70)84-54-30-45-76(63-84)71-39-16-5-17-40-71/h1-66H. The third-order valence-corrected chi connectivity index (χ3v) is 29.1. The lowest BCUT2D eigenvalue weighted by Crippen LogP contribution is -2.78. The Hall–Kier alpha value is -12.5. The van der Waals surface area contributed by atoms with Crippen molar-refractivity contribution in [3.8, 4) is 84.4 Å². The van der Waals surface area contributed by atoms with E-state index in [1.807, 2.05) is 0 Å². The number of rotatable bonds is 16. The summed E-state index contributed by atoms with van der Waals surface area (Å²) in [6.07, 6.45) is 0. The van der Waals surface area contributed by atoms with E-state index in [1.165, 1.54) is 41.5 Å². The number of aromatic nitrogens is 4. The Labute approximate surface area is 579 Å². The highest BCUT2D eigenvalue weighted by Crippen LogP contribution is 2.35. The Morgan fingerprint density at radius 2 is 0.424 bits per heavy atom. The van der Waals surface area contributed by atoms with E-state index in [2.05, 4.69) is 405 Å². The number of para-hydroxylation sites is 2. The van der Waals surface area contributed by atoms with Gasteiger partial charge in [-0.15, -0.1) is 0 Å². The zero-order valence-corrected chi connectivity index (χ0v) is 56.4. The van der Waals surface area contributed by atoms with E-state index in [0.29, 0.717) is 17.6 Å². The van der Waals surface area contributed by atoms with Crippen LogP contribution >= 0.6 is 0 Å². The number of hydrogen-bond donors (Lipinski definition) is 0. The zero-order chi connectivity index (χ0) is 66.0. The third kappa shape index (κ3) is 11.1. The summed E-state index contributed by atoms with van der Waals surface area (Å²) in [4.78, 5) is 17.4. The van der Waals surface area contributed by atoms with Crippen molar-refractivity contribution < 1.29 is 0 Å². The van der Waals surface area contributed by atoms with Crippen LogP contribution in [0, 0.1) is 0 Å². The lowest BCUT2D eigenvalue weighted by Gasteiger charge is -2.39. The minimum absolute atomic E-state index is 0.528. The first kappa shape index (κ1) is 60.2. The maximum Gasteiger partial charge on any atom is 0.238 e. The molecule has 0 N–H and O–H groups in total. The van der Waals surface area contributed by atoms with Gasteiger partial charge < -0.3 is 0 Å². The van der Waals surface area contributed by atoms with Crippen molar-refractivity contribution in [2.45, 2.75) is 0 Å². The minimum Gasteiger partial charge on any atom is -0.278 e. The predicted octanol–water partition coefficient (Wildman–Crippen LogP) is 17.4. The lowest BCUT2D eigenvalue weighted by molar-refractivity contribution is 0.953. The molecule has 0 amide bonds. The van der Waals surface area contributed by atoms with E-state index in [9.17, 15) is 0 Å². The van der Waals surface area contributed by atoms with Gasteiger partial charge in [-0.05, 0) is 115 Å². The van der Waals surface area contributed by atoms with Gasteiger partial charge in [-0.1, -0.05) is 382 Å². The molecule has 0 saturated heterocycles. The van der Waals surface area contributed by atoms with Gasteiger partial charge in [0.25, 0.3) is 0 Å². The number of fused-ring (bicyclic) bond motifs is 3. The van der Waals surface area contributed by atoms with E-state index < -0.39 is 16.1 Å². The summed E-state index contributed by atoms with van der Waals surface area (Å²) in [5, 5.41) is 12.1. The van der Waals surface area contributed by atoms with Crippen LogP contribution in [0.3, 0.4) is 0 Å². The normalized spacial score (nSPS) is 11.6. The van der Waals surface area contributed by atoms with Gasteiger partial charge >= 0.3 is 0 Å². The molecular formula is C93H66N4Si2. The highest BCUT2D eigenvalue weighted by atomic mass is 28.3. The summed E-state index contributed by atoms with van der Waals surface area (Å²) < 4.78 is 2.24. The van der Waals surface area contributed by atoms with E-state index in [4.69, 9.17) is 15.0 Å². The Bertz CT molecular complexity index is 5280. The second-order valence-electron chi connectivity index (χ2n) is 25.4. The van der Waals surface area contributed by atoms with E-state index in [-0.39, 0.29) is 0 Å². The molecule has 2 aromatic heterocycles. The van der Waals surface area contributed by atoms with Crippen LogP contribution in [0.15, 0.2) is 400 Å². The van der Waals surface area contributed by atoms with Crippen molar-refractivity contribution in [3.63, 3.8) is 0 Å². The smallest absolute Gasteiger partial charge is 0.238 e. The summed E-state index contributed by atoms with van der Waals surface area (Å²) in [5.74, 6) is 1.65. The molecule has 2 heterocycles. The number of hydrogen-bond acceptors (Lipinski definition) is 3. The Morgan fingerprint density at radius 3 is 0.778 bits per heavy atom. The Balaban J connectivity index is 1.06. The third-order valence-electron chi connectivity index (χ3n) is 19.7. The molecule has 0 spiro atoms. The van der Waals surface area contributed by atoms with Crippen LogP contribution in [-0.4, -0.2) is 35.7 Å². The van der Waals surface area contributed by atoms with Crippen molar-refractivity contribution in [1.82, 2.24) is 19.5 Å². The second kappa shape index (κ2) is 26.3. The first-order valence-electron chi connectivity index (χ1n) is 33.9. The summed E-state index contributed by atoms with van der Waals surface area (Å²) >= 11 is 0. The molecule has 466 valence electrons. The quantitative estimate of drug-likeness (QED) is 0.0715. The highest BCUT2D eigenvalue weighted by molar-refractivity contribution is 7.22. The molecule has 0 aliphatic heterocycles. The number of nitrogens with zero attached hydrogens (tertiary/aromatic N) is 4. The molecule has 0 fully saturated rings. The average Bonchev–Trinajstić information content (AvgIpc) is 1.27. The van der Waals surface area contributed by atoms with Gasteiger partial charge in [-0.3, -0.25) is 4.57 Å². The minimum atomic E-state index is -3.65. The molecule has 0 bridgehead atoms. The van der Waals surface area contributed by atoms with Crippen LogP contribution < -0.4 is 41.5 Å². The van der Waals surface area contributed by atoms with E-state index in [1.54, 1.807) is 0 Å². The van der Waals surface area contributed by atoms with Gasteiger partial charge in [0.05, 0.1) is 11.0 Å². The van der Waals surface area contributed by atoms with Crippen LogP contribution in [0.1, 0.15) is 0 Å². The highest BCUT2D eigenvalue weighted by Gasteiger charge is 2.47. The van der Waals surface area contributed by atoms with Crippen molar-refractivity contribution in [2.24, 2.45) is 0 Å². The van der Waals surface area contributed by atoms with Crippen molar-refractivity contribution in [1.29, 1.82) is 0 Å². The largest absolute Gasteiger partial charge is 0.278 e. The Morgan fingerprint density at radius 1 is 0.172 bits per heavy atom. The second-order valence-corrected chi connectivity index (χ2v) is 33.0. The molecular weight excluding hydrogens is 1230 g/mol. The van der Waals surface area contributed by atoms with Gasteiger partial charge in [-0.25, -0.2) is 4.98 Å². The van der Waals surface area contributed by atoms with Gasteiger partial charge in [-0.2, -0.15) is 9.97 Å². The van der Waals surface area contributed by atoms with Gasteiger partial charge in [0.15, 0.2) is 27.8 Å². The molecule has 0 unspecified atom stereocenters. The molecule has 99 heavy (non-hydrogen) atoms. The summed E-state index contributed by atoms with van der Waals surface area (Å²) in [6.45, 7) is 0. The topological polar surface area (TPSA) is 43.6 Å². The molecule has 0 aliphatic rings. The van der Waals surface area contributed by atoms with Crippen LogP contribution in [0.4, 0.5) is 0 Å². The fraction of sp³-hybridized carbons (Fsp3) is 0. The molecule has 4 nitrogen and oxygen atoms in total. The van der Waals surface area contributed by atoms with Crippen molar-refractivity contribution in [2.75, 3.05) is 0 Å².